The molecule has 2 aromatic rings. The molecule has 0 spiro atoms. The maximum atomic E-state index is 13.2. The van der Waals surface area contributed by atoms with E-state index in [1.165, 1.54) is 12.1 Å². The smallest absolute Gasteiger partial charge is 0.123 e. The van der Waals surface area contributed by atoms with E-state index in [2.05, 4.69) is 21.2 Å². The van der Waals surface area contributed by atoms with Gasteiger partial charge in [-0.15, -0.1) is 0 Å². The van der Waals surface area contributed by atoms with E-state index in [1.807, 2.05) is 31.2 Å². The Kier molecular flexibility index (Phi) is 4.73. The SMILES string of the molecule is CC(Nc1ccc(C(N)=S)c(Br)c1)c1cccc(F)c1. The summed E-state index contributed by atoms with van der Waals surface area (Å²) in [4.78, 5) is 0.349. The standard InChI is InChI=1S/C15H14BrFN2S/c1-9(10-3-2-4-11(17)7-10)19-12-5-6-13(15(18)20)14(16)8-12/h2-9,19H,1H3,(H2,18,20). The predicted octanol–water partition coefficient (Wildman–Crippen LogP) is 4.40. The summed E-state index contributed by atoms with van der Waals surface area (Å²) in [5, 5.41) is 3.31. The van der Waals surface area contributed by atoms with E-state index >= 15 is 0 Å². The lowest BCUT2D eigenvalue weighted by Gasteiger charge is -2.16. The molecule has 3 N–H and O–H groups in total. The van der Waals surface area contributed by atoms with Crippen LogP contribution in [0.2, 0.25) is 0 Å². The zero-order valence-electron chi connectivity index (χ0n) is 10.9. The number of halogens is 2. The summed E-state index contributed by atoms with van der Waals surface area (Å²) in [5.41, 5.74) is 8.21. The molecule has 2 rings (SSSR count). The van der Waals surface area contributed by atoms with Crippen molar-refractivity contribution >= 4 is 38.8 Å². The van der Waals surface area contributed by atoms with Gasteiger partial charge in [-0.1, -0.05) is 24.4 Å². The van der Waals surface area contributed by atoms with Gasteiger partial charge in [-0.3, -0.25) is 0 Å². The molecule has 0 fully saturated rings. The zero-order valence-corrected chi connectivity index (χ0v) is 13.3. The van der Waals surface area contributed by atoms with Crippen molar-refractivity contribution in [3.63, 3.8) is 0 Å². The normalized spacial score (nSPS) is 11.9. The van der Waals surface area contributed by atoms with Gasteiger partial charge in [0.2, 0.25) is 0 Å². The van der Waals surface area contributed by atoms with Crippen LogP contribution in [0.5, 0.6) is 0 Å². The molecule has 1 unspecified atom stereocenters. The molecular weight excluding hydrogens is 339 g/mol. The summed E-state index contributed by atoms with van der Waals surface area (Å²) in [7, 11) is 0. The number of thiocarbonyl (C=S) groups is 1. The number of hydrogen-bond acceptors (Lipinski definition) is 2. The Morgan fingerprint density at radius 3 is 2.65 bits per heavy atom. The number of hydrogen-bond donors (Lipinski definition) is 2. The van der Waals surface area contributed by atoms with Crippen molar-refractivity contribution in [1.29, 1.82) is 0 Å². The third kappa shape index (κ3) is 3.55. The molecule has 0 heterocycles. The average Bonchev–Trinajstić information content (AvgIpc) is 2.38. The van der Waals surface area contributed by atoms with Gasteiger partial charge in [-0.25, -0.2) is 4.39 Å². The minimum atomic E-state index is -0.235. The molecule has 0 aromatic heterocycles. The highest BCUT2D eigenvalue weighted by Gasteiger charge is 2.08. The van der Waals surface area contributed by atoms with E-state index < -0.39 is 0 Å². The highest BCUT2D eigenvalue weighted by Crippen LogP contribution is 2.25. The lowest BCUT2D eigenvalue weighted by atomic mass is 10.1. The first kappa shape index (κ1) is 14.9. The lowest BCUT2D eigenvalue weighted by molar-refractivity contribution is 0.623. The van der Waals surface area contributed by atoms with Crippen LogP contribution in [0.15, 0.2) is 46.9 Å². The van der Waals surface area contributed by atoms with Crippen molar-refractivity contribution in [2.24, 2.45) is 5.73 Å². The van der Waals surface area contributed by atoms with Gasteiger partial charge in [0, 0.05) is 21.8 Å². The Labute approximate surface area is 131 Å². The Hall–Kier alpha value is -1.46. The number of nitrogens with one attached hydrogen (secondary N) is 1. The second-order valence-corrected chi connectivity index (χ2v) is 5.77. The highest BCUT2D eigenvalue weighted by atomic mass is 79.9. The third-order valence-electron chi connectivity index (χ3n) is 2.97. The molecular formula is C15H14BrFN2S. The van der Waals surface area contributed by atoms with Crippen molar-refractivity contribution in [3.05, 3.63) is 63.9 Å². The molecule has 0 aliphatic heterocycles. The fourth-order valence-corrected chi connectivity index (χ4v) is 2.82. The second-order valence-electron chi connectivity index (χ2n) is 4.48. The van der Waals surface area contributed by atoms with Gasteiger partial charge >= 0.3 is 0 Å². The van der Waals surface area contributed by atoms with E-state index in [0.29, 0.717) is 4.99 Å². The van der Waals surface area contributed by atoms with Crippen LogP contribution < -0.4 is 11.1 Å². The van der Waals surface area contributed by atoms with Gasteiger partial charge in [0.1, 0.15) is 10.8 Å². The maximum absolute atomic E-state index is 13.2. The van der Waals surface area contributed by atoms with Crippen LogP contribution >= 0.6 is 28.1 Å². The first-order valence-electron chi connectivity index (χ1n) is 6.08. The first-order valence-corrected chi connectivity index (χ1v) is 7.29. The monoisotopic (exact) mass is 352 g/mol. The topological polar surface area (TPSA) is 38.0 Å². The molecule has 104 valence electrons. The molecule has 0 aliphatic carbocycles. The Morgan fingerprint density at radius 2 is 2.05 bits per heavy atom. The van der Waals surface area contributed by atoms with Crippen LogP contribution in [0.25, 0.3) is 0 Å². The van der Waals surface area contributed by atoms with Gasteiger partial charge in [0.15, 0.2) is 0 Å². The van der Waals surface area contributed by atoms with Crippen LogP contribution in [-0.2, 0) is 0 Å². The molecule has 20 heavy (non-hydrogen) atoms. The summed E-state index contributed by atoms with van der Waals surface area (Å²) in [6.07, 6.45) is 0. The quantitative estimate of drug-likeness (QED) is 0.801. The Morgan fingerprint density at radius 1 is 1.30 bits per heavy atom. The average molecular weight is 353 g/mol. The van der Waals surface area contributed by atoms with E-state index in [1.54, 1.807) is 6.07 Å². The molecule has 0 aliphatic rings. The van der Waals surface area contributed by atoms with Gasteiger partial charge in [0.25, 0.3) is 0 Å². The van der Waals surface area contributed by atoms with Crippen molar-refractivity contribution in [3.8, 4) is 0 Å². The molecule has 1 atom stereocenters. The summed E-state index contributed by atoms with van der Waals surface area (Å²) >= 11 is 8.40. The molecule has 0 saturated carbocycles. The fourth-order valence-electron chi connectivity index (χ4n) is 1.91. The van der Waals surface area contributed by atoms with Crippen LogP contribution in [0, 0.1) is 5.82 Å². The van der Waals surface area contributed by atoms with Crippen molar-refractivity contribution in [2.45, 2.75) is 13.0 Å². The van der Waals surface area contributed by atoms with Crippen LogP contribution in [0.3, 0.4) is 0 Å². The highest BCUT2D eigenvalue weighted by molar-refractivity contribution is 9.10. The van der Waals surface area contributed by atoms with Crippen LogP contribution in [0.4, 0.5) is 10.1 Å². The van der Waals surface area contributed by atoms with E-state index in [0.717, 1.165) is 21.3 Å². The summed E-state index contributed by atoms with van der Waals surface area (Å²) in [5.74, 6) is -0.235. The second kappa shape index (κ2) is 6.33. The fraction of sp³-hybridized carbons (Fsp3) is 0.133. The van der Waals surface area contributed by atoms with Gasteiger partial charge in [-0.05, 0) is 58.7 Å². The minimum absolute atomic E-state index is 0.00622. The number of rotatable bonds is 4. The number of anilines is 1. The summed E-state index contributed by atoms with van der Waals surface area (Å²) < 4.78 is 14.0. The molecule has 2 aromatic carbocycles. The third-order valence-corrected chi connectivity index (χ3v) is 3.84. The summed E-state index contributed by atoms with van der Waals surface area (Å²) in [6, 6.07) is 12.2. The molecule has 2 nitrogen and oxygen atoms in total. The van der Waals surface area contributed by atoms with E-state index in [-0.39, 0.29) is 11.9 Å². The van der Waals surface area contributed by atoms with Gasteiger partial charge in [0.05, 0.1) is 0 Å². The summed E-state index contributed by atoms with van der Waals surface area (Å²) in [6.45, 7) is 1.98. The molecule has 0 amide bonds. The zero-order chi connectivity index (χ0) is 14.7. The van der Waals surface area contributed by atoms with E-state index in [9.17, 15) is 4.39 Å². The predicted molar refractivity (Wildman–Crippen MR) is 88.5 cm³/mol. The lowest BCUT2D eigenvalue weighted by Crippen LogP contribution is -2.11. The van der Waals surface area contributed by atoms with Crippen molar-refractivity contribution in [1.82, 2.24) is 0 Å². The number of nitrogens with two attached hydrogens (primary N) is 1. The van der Waals surface area contributed by atoms with Crippen LogP contribution in [0.1, 0.15) is 24.1 Å². The molecule has 0 saturated heterocycles. The van der Waals surface area contributed by atoms with Crippen LogP contribution in [-0.4, -0.2) is 4.99 Å². The first-order chi connectivity index (χ1) is 9.47. The van der Waals surface area contributed by atoms with Gasteiger partial charge in [-0.2, -0.15) is 0 Å². The minimum Gasteiger partial charge on any atom is -0.389 e. The van der Waals surface area contributed by atoms with E-state index in [4.69, 9.17) is 18.0 Å². The molecule has 5 heteroatoms. The molecule has 0 bridgehead atoms. The van der Waals surface area contributed by atoms with Crippen molar-refractivity contribution in [2.75, 3.05) is 5.32 Å². The largest absolute Gasteiger partial charge is 0.389 e. The molecule has 0 radical (unpaired) electrons. The van der Waals surface area contributed by atoms with Crippen molar-refractivity contribution < 1.29 is 4.39 Å². The number of benzene rings is 2. The Balaban J connectivity index is 2.18. The van der Waals surface area contributed by atoms with Gasteiger partial charge < -0.3 is 11.1 Å². The maximum Gasteiger partial charge on any atom is 0.123 e. The Bertz CT molecular complexity index is 646.